The largest absolute Gasteiger partial charge is 0.238 e. The van der Waals surface area contributed by atoms with E-state index >= 15 is 0 Å². The highest BCUT2D eigenvalue weighted by atomic mass is 79.9. The monoisotopic (exact) mass is 227 g/mol. The van der Waals surface area contributed by atoms with Crippen molar-refractivity contribution in [3.63, 3.8) is 0 Å². The van der Waals surface area contributed by atoms with Gasteiger partial charge < -0.3 is 0 Å². The second-order valence-electron chi connectivity index (χ2n) is 2.16. The van der Waals surface area contributed by atoms with E-state index < -0.39 is 0 Å². The summed E-state index contributed by atoms with van der Waals surface area (Å²) >= 11 is 3.20. The van der Waals surface area contributed by atoms with Crippen LogP contribution in [0.4, 0.5) is 0 Å². The van der Waals surface area contributed by atoms with Gasteiger partial charge in [-0.15, -0.1) is 0 Å². The van der Waals surface area contributed by atoms with Crippen molar-refractivity contribution >= 4 is 22.0 Å². The predicted octanol–water partition coefficient (Wildman–Crippen LogP) is 1.64. The van der Waals surface area contributed by atoms with Crippen molar-refractivity contribution in [3.05, 3.63) is 22.7 Å². The molecule has 5 heteroatoms. The van der Waals surface area contributed by atoms with Gasteiger partial charge in [0.15, 0.2) is 5.82 Å². The van der Waals surface area contributed by atoms with Crippen LogP contribution < -0.4 is 0 Å². The summed E-state index contributed by atoms with van der Waals surface area (Å²) in [5.74, 6) is 0.515. The van der Waals surface area contributed by atoms with Gasteiger partial charge in [-0.05, 0) is 22.9 Å². The molecule has 0 N–H and O–H groups in total. The average Bonchev–Trinajstić information content (AvgIpc) is 2.06. The lowest BCUT2D eigenvalue weighted by Crippen LogP contribution is -1.96. The summed E-state index contributed by atoms with van der Waals surface area (Å²) in [6.45, 7) is 1.73. The maximum atomic E-state index is 9.90. The molecule has 0 aromatic carbocycles. The molecular weight excluding hydrogens is 222 g/mol. The van der Waals surface area contributed by atoms with E-state index in [2.05, 4.69) is 30.9 Å². The Morgan fingerprint density at radius 1 is 1.58 bits per heavy atom. The molecule has 0 aliphatic rings. The maximum absolute atomic E-state index is 9.90. The van der Waals surface area contributed by atoms with Gasteiger partial charge in [-0.3, -0.25) is 0 Å². The van der Waals surface area contributed by atoms with Crippen LogP contribution in [0.25, 0.3) is 0 Å². The van der Waals surface area contributed by atoms with Crippen LogP contribution in [0, 0.1) is 0 Å². The zero-order valence-electron chi connectivity index (χ0n) is 6.36. The zero-order chi connectivity index (χ0) is 8.97. The highest BCUT2D eigenvalue weighted by Crippen LogP contribution is 2.12. The molecule has 0 saturated heterocycles. The Morgan fingerprint density at radius 3 is 2.67 bits per heavy atom. The first-order valence-electron chi connectivity index (χ1n) is 3.28. The SMILES string of the molecule is CC(N=C=O)c1ncc(Br)cn1. The molecule has 1 rings (SSSR count). The number of hydrogen-bond donors (Lipinski definition) is 0. The van der Waals surface area contributed by atoms with Gasteiger partial charge in [0.1, 0.15) is 6.04 Å². The third-order valence-corrected chi connectivity index (χ3v) is 1.67. The molecule has 1 aromatic rings. The van der Waals surface area contributed by atoms with Gasteiger partial charge in [-0.2, -0.15) is 4.99 Å². The van der Waals surface area contributed by atoms with Crippen LogP contribution >= 0.6 is 15.9 Å². The smallest absolute Gasteiger partial charge is 0.235 e. The number of isocyanates is 1. The highest BCUT2D eigenvalue weighted by Gasteiger charge is 2.05. The number of aromatic nitrogens is 2. The number of carbonyl (C=O) groups excluding carboxylic acids is 1. The quantitative estimate of drug-likeness (QED) is 0.571. The minimum atomic E-state index is -0.324. The van der Waals surface area contributed by atoms with Gasteiger partial charge in [-0.25, -0.2) is 14.8 Å². The van der Waals surface area contributed by atoms with E-state index in [0.29, 0.717) is 5.82 Å². The maximum Gasteiger partial charge on any atom is 0.235 e. The first-order chi connectivity index (χ1) is 5.74. The predicted molar refractivity (Wildman–Crippen MR) is 46.3 cm³/mol. The molecule has 0 amide bonds. The fourth-order valence-electron chi connectivity index (χ4n) is 0.675. The Balaban J connectivity index is 2.89. The van der Waals surface area contributed by atoms with E-state index in [4.69, 9.17) is 0 Å². The first-order valence-corrected chi connectivity index (χ1v) is 4.07. The molecule has 1 unspecified atom stereocenters. The number of hydrogen-bond acceptors (Lipinski definition) is 4. The third kappa shape index (κ3) is 2.22. The molecule has 1 aromatic heterocycles. The Hall–Kier alpha value is -1.06. The average molecular weight is 228 g/mol. The third-order valence-electron chi connectivity index (χ3n) is 1.26. The molecule has 0 spiro atoms. The van der Waals surface area contributed by atoms with Crippen LogP contribution in [-0.4, -0.2) is 16.0 Å². The second-order valence-corrected chi connectivity index (χ2v) is 3.07. The molecule has 1 atom stereocenters. The van der Waals surface area contributed by atoms with Crippen molar-refractivity contribution in [2.45, 2.75) is 13.0 Å². The lowest BCUT2D eigenvalue weighted by molar-refractivity contribution is 0.558. The van der Waals surface area contributed by atoms with Crippen LogP contribution in [0.15, 0.2) is 21.9 Å². The van der Waals surface area contributed by atoms with Gasteiger partial charge in [-0.1, -0.05) is 0 Å². The van der Waals surface area contributed by atoms with E-state index in [1.807, 2.05) is 0 Å². The molecule has 0 saturated carbocycles. The van der Waals surface area contributed by atoms with Gasteiger partial charge in [0, 0.05) is 12.4 Å². The molecule has 0 aliphatic carbocycles. The number of halogens is 1. The molecule has 4 nitrogen and oxygen atoms in total. The topological polar surface area (TPSA) is 55.2 Å². The summed E-state index contributed by atoms with van der Waals surface area (Å²) in [4.78, 5) is 21.3. The Morgan fingerprint density at radius 2 is 2.17 bits per heavy atom. The fraction of sp³-hybridized carbons (Fsp3) is 0.286. The number of rotatable bonds is 2. The van der Waals surface area contributed by atoms with Crippen molar-refractivity contribution in [2.75, 3.05) is 0 Å². The van der Waals surface area contributed by atoms with Crippen molar-refractivity contribution in [3.8, 4) is 0 Å². The van der Waals surface area contributed by atoms with Crippen molar-refractivity contribution in [1.29, 1.82) is 0 Å². The number of nitrogens with zero attached hydrogens (tertiary/aromatic N) is 3. The van der Waals surface area contributed by atoms with E-state index in [0.717, 1.165) is 4.47 Å². The van der Waals surface area contributed by atoms with Gasteiger partial charge in [0.2, 0.25) is 6.08 Å². The van der Waals surface area contributed by atoms with Crippen LogP contribution in [-0.2, 0) is 4.79 Å². The standard InChI is InChI=1S/C7H6BrN3O/c1-5(11-4-12)7-9-2-6(8)3-10-7/h2-3,5H,1H3. The van der Waals surface area contributed by atoms with E-state index in [1.54, 1.807) is 19.3 Å². The van der Waals surface area contributed by atoms with Crippen molar-refractivity contribution in [2.24, 2.45) is 4.99 Å². The fourth-order valence-corrected chi connectivity index (χ4v) is 0.880. The molecule has 0 fully saturated rings. The molecule has 12 heavy (non-hydrogen) atoms. The van der Waals surface area contributed by atoms with Gasteiger partial charge >= 0.3 is 0 Å². The summed E-state index contributed by atoms with van der Waals surface area (Å²) in [5.41, 5.74) is 0. The minimum absolute atomic E-state index is 0.324. The van der Waals surface area contributed by atoms with Crippen molar-refractivity contribution < 1.29 is 4.79 Å². The first kappa shape index (κ1) is 9.03. The highest BCUT2D eigenvalue weighted by molar-refractivity contribution is 9.10. The summed E-state index contributed by atoms with van der Waals surface area (Å²) in [5, 5.41) is 0. The van der Waals surface area contributed by atoms with Gasteiger partial charge in [0.05, 0.1) is 4.47 Å². The Bertz CT molecular complexity index is 305. The van der Waals surface area contributed by atoms with Gasteiger partial charge in [0.25, 0.3) is 0 Å². The van der Waals surface area contributed by atoms with Crippen LogP contribution in [0.1, 0.15) is 18.8 Å². The molecule has 1 heterocycles. The molecule has 0 radical (unpaired) electrons. The van der Waals surface area contributed by atoms with Crippen LogP contribution in [0.3, 0.4) is 0 Å². The lowest BCUT2D eigenvalue weighted by Gasteiger charge is -2.00. The van der Waals surface area contributed by atoms with E-state index in [9.17, 15) is 4.79 Å². The van der Waals surface area contributed by atoms with Crippen LogP contribution in [0.5, 0.6) is 0 Å². The van der Waals surface area contributed by atoms with E-state index in [-0.39, 0.29) is 6.04 Å². The zero-order valence-corrected chi connectivity index (χ0v) is 7.95. The summed E-state index contributed by atoms with van der Waals surface area (Å²) in [6.07, 6.45) is 4.68. The lowest BCUT2D eigenvalue weighted by atomic mass is 10.3. The summed E-state index contributed by atoms with van der Waals surface area (Å²) in [7, 11) is 0. The summed E-state index contributed by atoms with van der Waals surface area (Å²) < 4.78 is 0.800. The van der Waals surface area contributed by atoms with Crippen molar-refractivity contribution in [1.82, 2.24) is 9.97 Å². The normalized spacial score (nSPS) is 11.8. The Kier molecular flexibility index (Phi) is 3.08. The molecule has 0 bridgehead atoms. The minimum Gasteiger partial charge on any atom is -0.238 e. The second kappa shape index (κ2) is 4.09. The Labute approximate surface area is 77.9 Å². The molecular formula is C7H6BrN3O. The molecule has 62 valence electrons. The summed E-state index contributed by atoms with van der Waals surface area (Å²) in [6, 6.07) is -0.324. The van der Waals surface area contributed by atoms with Crippen LogP contribution in [0.2, 0.25) is 0 Å². The molecule has 0 aliphatic heterocycles. The van der Waals surface area contributed by atoms with E-state index in [1.165, 1.54) is 6.08 Å². The number of aliphatic imine (C=N–C) groups is 1.